The Morgan fingerprint density at radius 1 is 1.20 bits per heavy atom. The summed E-state index contributed by atoms with van der Waals surface area (Å²) in [7, 11) is -1.36. The van der Waals surface area contributed by atoms with Crippen molar-refractivity contribution in [2.45, 2.75) is 58.4 Å². The van der Waals surface area contributed by atoms with E-state index in [0.717, 1.165) is 22.8 Å². The molecule has 6 nitrogen and oxygen atoms in total. The Bertz CT molecular complexity index is 1090. The molecule has 2 aromatic heterocycles. The van der Waals surface area contributed by atoms with E-state index in [0.29, 0.717) is 13.1 Å². The molecule has 3 rings (SSSR count). The van der Waals surface area contributed by atoms with Gasteiger partial charge >= 0.3 is 0 Å². The minimum Gasteiger partial charge on any atom is -0.317 e. The first-order chi connectivity index (χ1) is 14.2. The molecule has 162 valence electrons. The normalized spacial score (nSPS) is 13.1. The van der Waals surface area contributed by atoms with Crippen molar-refractivity contribution in [1.29, 1.82) is 0 Å². The molecule has 0 bridgehead atoms. The number of aryl methyl sites for hydroxylation is 3. The SMILES string of the molecule is CCS(=O)(=O)c1ncc(CN(C)[C@@H](C)c2nc(C)sc2C)n1CCc1ccccc1. The maximum atomic E-state index is 12.6. The summed E-state index contributed by atoms with van der Waals surface area (Å²) >= 11 is 1.71. The molecule has 0 aliphatic rings. The first kappa shape index (κ1) is 22.7. The summed E-state index contributed by atoms with van der Waals surface area (Å²) < 4.78 is 27.1. The van der Waals surface area contributed by atoms with Gasteiger partial charge in [-0.1, -0.05) is 37.3 Å². The molecule has 0 spiro atoms. The summed E-state index contributed by atoms with van der Waals surface area (Å²) in [5.41, 5.74) is 3.15. The molecule has 0 unspecified atom stereocenters. The number of hydrogen-bond donors (Lipinski definition) is 0. The van der Waals surface area contributed by atoms with Crippen LogP contribution in [0.1, 0.15) is 46.7 Å². The lowest BCUT2D eigenvalue weighted by Gasteiger charge is -2.24. The predicted octanol–water partition coefficient (Wildman–Crippen LogP) is 4.19. The predicted molar refractivity (Wildman–Crippen MR) is 122 cm³/mol. The van der Waals surface area contributed by atoms with Crippen molar-refractivity contribution in [2.75, 3.05) is 12.8 Å². The van der Waals surface area contributed by atoms with E-state index >= 15 is 0 Å². The Morgan fingerprint density at radius 3 is 2.50 bits per heavy atom. The molecular weight excluding hydrogens is 416 g/mol. The molecule has 8 heteroatoms. The van der Waals surface area contributed by atoms with E-state index in [1.54, 1.807) is 24.5 Å². The summed E-state index contributed by atoms with van der Waals surface area (Å²) in [4.78, 5) is 12.4. The summed E-state index contributed by atoms with van der Waals surface area (Å²) in [6, 6.07) is 10.2. The quantitative estimate of drug-likeness (QED) is 0.493. The van der Waals surface area contributed by atoms with E-state index in [1.807, 2.05) is 36.7 Å². The van der Waals surface area contributed by atoms with Crippen molar-refractivity contribution in [1.82, 2.24) is 19.4 Å². The number of rotatable bonds is 9. The highest BCUT2D eigenvalue weighted by atomic mass is 32.2. The monoisotopic (exact) mass is 446 g/mol. The number of hydrogen-bond acceptors (Lipinski definition) is 6. The molecule has 3 aromatic rings. The van der Waals surface area contributed by atoms with Crippen LogP contribution in [0.4, 0.5) is 0 Å². The summed E-state index contributed by atoms with van der Waals surface area (Å²) in [5.74, 6) is 0.0400. The van der Waals surface area contributed by atoms with Crippen molar-refractivity contribution < 1.29 is 8.42 Å². The third-order valence-corrected chi connectivity index (χ3v) is 7.98. The second-order valence-electron chi connectivity index (χ2n) is 7.59. The van der Waals surface area contributed by atoms with Crippen molar-refractivity contribution in [3.05, 3.63) is 63.4 Å². The van der Waals surface area contributed by atoms with Gasteiger partial charge in [0, 0.05) is 18.0 Å². The fraction of sp³-hybridized carbons (Fsp3) is 0.455. The van der Waals surface area contributed by atoms with Crippen molar-refractivity contribution >= 4 is 21.2 Å². The number of imidazole rings is 1. The molecule has 0 saturated carbocycles. The van der Waals surface area contributed by atoms with Crippen molar-refractivity contribution in [2.24, 2.45) is 0 Å². The lowest BCUT2D eigenvalue weighted by molar-refractivity contribution is 0.241. The average Bonchev–Trinajstić information content (AvgIpc) is 3.29. The largest absolute Gasteiger partial charge is 0.317 e. The topological polar surface area (TPSA) is 68.1 Å². The second kappa shape index (κ2) is 9.41. The molecule has 0 saturated heterocycles. The van der Waals surface area contributed by atoms with E-state index in [4.69, 9.17) is 0 Å². The van der Waals surface area contributed by atoms with Gasteiger partial charge in [0.05, 0.1) is 34.4 Å². The van der Waals surface area contributed by atoms with Crippen LogP contribution in [0.3, 0.4) is 0 Å². The Morgan fingerprint density at radius 2 is 1.90 bits per heavy atom. The lowest BCUT2D eigenvalue weighted by atomic mass is 10.1. The van der Waals surface area contributed by atoms with Gasteiger partial charge < -0.3 is 4.57 Å². The first-order valence-corrected chi connectivity index (χ1v) is 12.6. The van der Waals surface area contributed by atoms with Crippen LogP contribution in [-0.2, 0) is 29.3 Å². The highest BCUT2D eigenvalue weighted by Crippen LogP contribution is 2.27. The molecule has 0 amide bonds. The maximum absolute atomic E-state index is 12.6. The van der Waals surface area contributed by atoms with E-state index < -0.39 is 9.84 Å². The Labute approximate surface area is 183 Å². The number of nitrogens with zero attached hydrogens (tertiary/aromatic N) is 4. The number of benzene rings is 1. The summed E-state index contributed by atoms with van der Waals surface area (Å²) in [6.45, 7) is 9.08. The van der Waals surface area contributed by atoms with Gasteiger partial charge in [0.1, 0.15) is 0 Å². The van der Waals surface area contributed by atoms with Gasteiger partial charge in [-0.2, -0.15) is 0 Å². The van der Waals surface area contributed by atoms with Crippen LogP contribution in [0.25, 0.3) is 0 Å². The number of sulfone groups is 1. The van der Waals surface area contributed by atoms with Gasteiger partial charge in [-0.25, -0.2) is 18.4 Å². The highest BCUT2D eigenvalue weighted by molar-refractivity contribution is 7.91. The maximum Gasteiger partial charge on any atom is 0.227 e. The first-order valence-electron chi connectivity index (χ1n) is 10.2. The van der Waals surface area contributed by atoms with Gasteiger partial charge in [-0.15, -0.1) is 11.3 Å². The van der Waals surface area contributed by atoms with E-state index in [9.17, 15) is 8.42 Å². The van der Waals surface area contributed by atoms with Gasteiger partial charge in [0.15, 0.2) is 0 Å². The number of aromatic nitrogens is 3. The van der Waals surface area contributed by atoms with Crippen LogP contribution in [-0.4, -0.2) is 40.7 Å². The second-order valence-corrected chi connectivity index (χ2v) is 11.2. The average molecular weight is 447 g/mol. The molecule has 30 heavy (non-hydrogen) atoms. The van der Waals surface area contributed by atoms with Gasteiger partial charge in [-0.05, 0) is 39.8 Å². The molecule has 1 atom stereocenters. The van der Waals surface area contributed by atoms with Crippen LogP contribution in [0.2, 0.25) is 0 Å². The molecule has 0 aliphatic carbocycles. The van der Waals surface area contributed by atoms with Crippen LogP contribution in [0.5, 0.6) is 0 Å². The fourth-order valence-electron chi connectivity index (χ4n) is 3.55. The van der Waals surface area contributed by atoms with E-state index in [2.05, 4.69) is 40.8 Å². The van der Waals surface area contributed by atoms with Crippen molar-refractivity contribution in [3.63, 3.8) is 0 Å². The van der Waals surface area contributed by atoms with E-state index in [-0.39, 0.29) is 17.0 Å². The molecular formula is C22H30N4O2S2. The standard InChI is InChI=1S/C22H30N4O2S2/c1-6-30(27,28)22-23-14-20(26(22)13-12-19-10-8-7-9-11-19)15-25(5)16(2)21-17(3)29-18(4)24-21/h7-11,14,16H,6,12-13,15H2,1-5H3/t16-/m0/s1. The minimum atomic E-state index is -3.40. The summed E-state index contributed by atoms with van der Waals surface area (Å²) in [6.07, 6.45) is 2.45. The van der Waals surface area contributed by atoms with Gasteiger partial charge in [-0.3, -0.25) is 4.90 Å². The van der Waals surface area contributed by atoms with Gasteiger partial charge in [0.25, 0.3) is 0 Å². The summed E-state index contributed by atoms with van der Waals surface area (Å²) in [5, 5.41) is 1.23. The number of thiazole rings is 1. The zero-order valence-electron chi connectivity index (χ0n) is 18.3. The minimum absolute atomic E-state index is 0.0400. The zero-order chi connectivity index (χ0) is 21.9. The lowest BCUT2D eigenvalue weighted by Crippen LogP contribution is -2.25. The Kier molecular flexibility index (Phi) is 7.10. The van der Waals surface area contributed by atoms with Crippen molar-refractivity contribution in [3.8, 4) is 0 Å². The van der Waals surface area contributed by atoms with Crippen LogP contribution >= 0.6 is 11.3 Å². The third-order valence-electron chi connectivity index (χ3n) is 5.43. The third kappa shape index (κ3) is 4.99. The molecule has 0 radical (unpaired) electrons. The van der Waals surface area contributed by atoms with Crippen LogP contribution in [0.15, 0.2) is 41.7 Å². The molecule has 2 heterocycles. The Hall–Kier alpha value is -2.03. The smallest absolute Gasteiger partial charge is 0.227 e. The highest BCUT2D eigenvalue weighted by Gasteiger charge is 2.24. The van der Waals surface area contributed by atoms with Crippen LogP contribution in [0, 0.1) is 13.8 Å². The van der Waals surface area contributed by atoms with Crippen LogP contribution < -0.4 is 0 Å². The van der Waals surface area contributed by atoms with E-state index in [1.165, 1.54) is 10.4 Å². The Balaban J connectivity index is 1.87. The molecule has 0 N–H and O–H groups in total. The molecule has 1 aromatic carbocycles. The molecule has 0 fully saturated rings. The zero-order valence-corrected chi connectivity index (χ0v) is 19.9. The van der Waals surface area contributed by atoms with Gasteiger partial charge in [0.2, 0.25) is 15.0 Å². The molecule has 0 aliphatic heterocycles. The fourth-order valence-corrected chi connectivity index (χ4v) is 5.48.